The lowest BCUT2D eigenvalue weighted by Gasteiger charge is -2.14. The molecule has 2 aromatic heterocycles. The molecule has 1 unspecified atom stereocenters. The van der Waals surface area contributed by atoms with Crippen LogP contribution in [0.15, 0.2) is 17.2 Å². The van der Waals surface area contributed by atoms with E-state index in [1.54, 1.807) is 6.92 Å². The summed E-state index contributed by atoms with van der Waals surface area (Å²) in [5.41, 5.74) is 6.65. The Labute approximate surface area is 130 Å². The molecule has 2 heterocycles. The van der Waals surface area contributed by atoms with Crippen molar-refractivity contribution in [1.29, 1.82) is 0 Å². The SMILES string of the molecule is CC(C(=O)Nc1nc[nH]c1C(N)=O)n1nc2c(cc1=O)CCC2. The van der Waals surface area contributed by atoms with E-state index in [1.807, 2.05) is 0 Å². The highest BCUT2D eigenvalue weighted by Crippen LogP contribution is 2.18. The van der Waals surface area contributed by atoms with Gasteiger partial charge in [-0.15, -0.1) is 0 Å². The van der Waals surface area contributed by atoms with Gasteiger partial charge in [0.2, 0.25) is 5.91 Å². The number of fused-ring (bicyclic) bond motifs is 1. The number of amides is 2. The summed E-state index contributed by atoms with van der Waals surface area (Å²) in [6, 6.07) is 0.688. The minimum atomic E-state index is -0.842. The third-order valence-corrected chi connectivity index (χ3v) is 3.86. The first-order chi connectivity index (χ1) is 11.0. The van der Waals surface area contributed by atoms with Crippen molar-refractivity contribution in [3.8, 4) is 0 Å². The van der Waals surface area contributed by atoms with Crippen LogP contribution in [-0.2, 0) is 17.6 Å². The first-order valence-electron chi connectivity index (χ1n) is 7.23. The van der Waals surface area contributed by atoms with E-state index in [9.17, 15) is 14.4 Å². The molecule has 4 N–H and O–H groups in total. The fraction of sp³-hybridized carbons (Fsp3) is 0.357. The van der Waals surface area contributed by atoms with E-state index in [-0.39, 0.29) is 17.1 Å². The Bertz CT molecular complexity index is 837. The zero-order valence-electron chi connectivity index (χ0n) is 12.5. The topological polar surface area (TPSA) is 136 Å². The van der Waals surface area contributed by atoms with Crippen molar-refractivity contribution in [3.63, 3.8) is 0 Å². The number of hydrogen-bond acceptors (Lipinski definition) is 5. The van der Waals surface area contributed by atoms with E-state index in [2.05, 4.69) is 20.4 Å². The van der Waals surface area contributed by atoms with Gasteiger partial charge in [0.25, 0.3) is 11.5 Å². The number of aromatic nitrogens is 4. The smallest absolute Gasteiger partial charge is 0.269 e. The molecule has 9 heteroatoms. The lowest BCUT2D eigenvalue weighted by molar-refractivity contribution is -0.119. The molecule has 2 aromatic rings. The van der Waals surface area contributed by atoms with Gasteiger partial charge in [-0.05, 0) is 31.7 Å². The first-order valence-corrected chi connectivity index (χ1v) is 7.23. The van der Waals surface area contributed by atoms with Crippen LogP contribution in [0.25, 0.3) is 0 Å². The average molecular weight is 316 g/mol. The van der Waals surface area contributed by atoms with Crippen molar-refractivity contribution >= 4 is 17.6 Å². The molecular formula is C14H16N6O3. The molecule has 0 saturated heterocycles. The van der Waals surface area contributed by atoms with Gasteiger partial charge in [0, 0.05) is 6.07 Å². The molecule has 2 amide bonds. The van der Waals surface area contributed by atoms with Crippen LogP contribution in [0.2, 0.25) is 0 Å². The van der Waals surface area contributed by atoms with Crippen LogP contribution in [0, 0.1) is 0 Å². The molecule has 0 radical (unpaired) electrons. The maximum atomic E-state index is 12.3. The second-order valence-electron chi connectivity index (χ2n) is 5.41. The lowest BCUT2D eigenvalue weighted by atomic mass is 10.2. The highest BCUT2D eigenvalue weighted by atomic mass is 16.2. The molecule has 0 fully saturated rings. The van der Waals surface area contributed by atoms with Gasteiger partial charge < -0.3 is 16.0 Å². The van der Waals surface area contributed by atoms with E-state index in [1.165, 1.54) is 12.4 Å². The standard InChI is InChI=1S/C14H16N6O3/c1-7(14(23)18-13-11(12(15)22)16-6-17-13)20-10(21)5-8-3-2-4-9(8)19-20/h5-7H,2-4H2,1H3,(H2,15,22)(H,16,17)(H,18,23). The third kappa shape index (κ3) is 2.72. The Balaban J connectivity index is 1.84. The van der Waals surface area contributed by atoms with Crippen molar-refractivity contribution in [2.45, 2.75) is 32.2 Å². The van der Waals surface area contributed by atoms with Crippen LogP contribution in [0.4, 0.5) is 5.82 Å². The Hall–Kier alpha value is -2.97. The van der Waals surface area contributed by atoms with Crippen LogP contribution in [-0.4, -0.2) is 31.6 Å². The van der Waals surface area contributed by atoms with E-state index >= 15 is 0 Å². The molecular weight excluding hydrogens is 300 g/mol. The molecule has 0 spiro atoms. The number of carbonyl (C=O) groups excluding carboxylic acids is 2. The number of hydrogen-bond donors (Lipinski definition) is 3. The largest absolute Gasteiger partial charge is 0.364 e. The van der Waals surface area contributed by atoms with Crippen LogP contribution in [0.3, 0.4) is 0 Å². The minimum Gasteiger partial charge on any atom is -0.364 e. The predicted molar refractivity (Wildman–Crippen MR) is 81.0 cm³/mol. The van der Waals surface area contributed by atoms with E-state index in [0.717, 1.165) is 35.2 Å². The molecule has 23 heavy (non-hydrogen) atoms. The molecule has 1 atom stereocenters. The lowest BCUT2D eigenvalue weighted by Crippen LogP contribution is -2.34. The molecule has 3 rings (SSSR count). The van der Waals surface area contributed by atoms with Gasteiger partial charge in [-0.3, -0.25) is 14.4 Å². The van der Waals surface area contributed by atoms with Crippen molar-refractivity contribution in [2.75, 3.05) is 5.32 Å². The number of carbonyl (C=O) groups is 2. The number of rotatable bonds is 4. The van der Waals surface area contributed by atoms with Gasteiger partial charge >= 0.3 is 0 Å². The zero-order valence-corrected chi connectivity index (χ0v) is 12.5. The molecule has 1 aliphatic rings. The highest BCUT2D eigenvalue weighted by molar-refractivity contribution is 6.01. The quantitative estimate of drug-likeness (QED) is 0.715. The van der Waals surface area contributed by atoms with Gasteiger partial charge in [-0.1, -0.05) is 0 Å². The average Bonchev–Trinajstić information content (AvgIpc) is 3.13. The summed E-state index contributed by atoms with van der Waals surface area (Å²) < 4.78 is 1.15. The Morgan fingerprint density at radius 3 is 2.96 bits per heavy atom. The Morgan fingerprint density at radius 1 is 1.43 bits per heavy atom. The number of nitrogens with one attached hydrogen (secondary N) is 2. The molecule has 0 saturated carbocycles. The number of aromatic amines is 1. The number of nitrogens with two attached hydrogens (primary N) is 1. The van der Waals surface area contributed by atoms with Gasteiger partial charge in [-0.25, -0.2) is 9.67 Å². The number of anilines is 1. The van der Waals surface area contributed by atoms with Gasteiger partial charge in [0.05, 0.1) is 12.0 Å². The van der Waals surface area contributed by atoms with Gasteiger partial charge in [-0.2, -0.15) is 5.10 Å². The van der Waals surface area contributed by atoms with Crippen LogP contribution < -0.4 is 16.6 Å². The van der Waals surface area contributed by atoms with Crippen molar-refractivity contribution in [2.24, 2.45) is 5.73 Å². The Kier molecular flexibility index (Phi) is 3.68. The van der Waals surface area contributed by atoms with Crippen LogP contribution in [0.1, 0.15) is 41.1 Å². The third-order valence-electron chi connectivity index (χ3n) is 3.86. The zero-order chi connectivity index (χ0) is 16.6. The molecule has 120 valence electrons. The van der Waals surface area contributed by atoms with E-state index in [4.69, 9.17) is 5.73 Å². The minimum absolute atomic E-state index is 0.000176. The fourth-order valence-electron chi connectivity index (χ4n) is 2.60. The summed E-state index contributed by atoms with van der Waals surface area (Å²) in [6.07, 6.45) is 3.85. The maximum Gasteiger partial charge on any atom is 0.269 e. The highest BCUT2D eigenvalue weighted by Gasteiger charge is 2.23. The second-order valence-corrected chi connectivity index (χ2v) is 5.41. The number of aryl methyl sites for hydroxylation is 2. The number of primary amides is 1. The summed E-state index contributed by atoms with van der Waals surface area (Å²) in [5.74, 6) is -1.21. The summed E-state index contributed by atoms with van der Waals surface area (Å²) in [7, 11) is 0. The molecule has 1 aliphatic carbocycles. The van der Waals surface area contributed by atoms with Crippen LogP contribution in [0.5, 0.6) is 0 Å². The Morgan fingerprint density at radius 2 is 2.22 bits per heavy atom. The summed E-state index contributed by atoms with van der Waals surface area (Å²) >= 11 is 0. The number of H-pyrrole nitrogens is 1. The number of imidazole rings is 1. The van der Waals surface area contributed by atoms with Gasteiger partial charge in [0.1, 0.15) is 11.7 Å². The normalized spacial score (nSPS) is 14.3. The summed E-state index contributed by atoms with van der Waals surface area (Å²) in [5, 5.41) is 6.77. The molecule has 0 aliphatic heterocycles. The number of nitrogens with zero attached hydrogens (tertiary/aromatic N) is 3. The molecule has 9 nitrogen and oxygen atoms in total. The summed E-state index contributed by atoms with van der Waals surface area (Å²) in [4.78, 5) is 42.1. The summed E-state index contributed by atoms with van der Waals surface area (Å²) in [6.45, 7) is 1.56. The molecule has 0 aromatic carbocycles. The molecule has 0 bridgehead atoms. The van der Waals surface area contributed by atoms with Crippen molar-refractivity contribution in [3.05, 3.63) is 39.7 Å². The van der Waals surface area contributed by atoms with Crippen LogP contribution >= 0.6 is 0 Å². The van der Waals surface area contributed by atoms with Gasteiger partial charge in [0.15, 0.2) is 5.82 Å². The second kappa shape index (κ2) is 5.67. The fourth-order valence-corrected chi connectivity index (χ4v) is 2.60. The van der Waals surface area contributed by atoms with E-state index < -0.39 is 17.9 Å². The van der Waals surface area contributed by atoms with Crippen molar-refractivity contribution < 1.29 is 9.59 Å². The van der Waals surface area contributed by atoms with Crippen molar-refractivity contribution in [1.82, 2.24) is 19.7 Å². The predicted octanol–water partition coefficient (Wildman–Crippen LogP) is -0.246. The monoisotopic (exact) mass is 316 g/mol. The first kappa shape index (κ1) is 14.9. The maximum absolute atomic E-state index is 12.3. The van der Waals surface area contributed by atoms with E-state index in [0.29, 0.717) is 0 Å².